The molecule has 5 N–H and O–H groups in total. The Labute approximate surface area is 199 Å². The Morgan fingerprint density at radius 1 is 1.26 bits per heavy atom. The number of amidine groups is 1. The van der Waals surface area contributed by atoms with E-state index in [0.717, 1.165) is 12.3 Å². The highest BCUT2D eigenvalue weighted by molar-refractivity contribution is 6.07. The van der Waals surface area contributed by atoms with E-state index in [1.807, 2.05) is 4.90 Å². The average molecular weight is 487 g/mol. The molecule has 1 saturated heterocycles. The number of hydrogen-bond donors (Lipinski definition) is 4. The number of alkyl halides is 3. The van der Waals surface area contributed by atoms with Crippen LogP contribution in [-0.2, 0) is 15.7 Å². The first-order valence-electron chi connectivity index (χ1n) is 10.8. The van der Waals surface area contributed by atoms with Crippen molar-refractivity contribution in [2.24, 2.45) is 10.7 Å². The van der Waals surface area contributed by atoms with Crippen molar-refractivity contribution >= 4 is 23.7 Å². The highest BCUT2D eigenvalue weighted by atomic mass is 19.4. The molecule has 0 spiro atoms. The maximum absolute atomic E-state index is 13.8. The number of morpholine rings is 1. The third-order valence-electron chi connectivity index (χ3n) is 5.54. The molecule has 1 amide bonds. The first kappa shape index (κ1) is 24.1. The van der Waals surface area contributed by atoms with Crippen LogP contribution in [0.4, 0.5) is 13.2 Å². The van der Waals surface area contributed by atoms with Gasteiger partial charge in [-0.2, -0.15) is 18.2 Å². The number of carbonyl (C=O) groups is 1. The number of amides is 1. The molecular formula is C23H24F3N7O2. The average Bonchev–Trinajstić information content (AvgIpc) is 3.17. The molecular weight excluding hydrogens is 463 g/mol. The van der Waals surface area contributed by atoms with Crippen molar-refractivity contribution in [3.05, 3.63) is 76.5 Å². The van der Waals surface area contributed by atoms with Gasteiger partial charge in [0.15, 0.2) is 11.5 Å². The van der Waals surface area contributed by atoms with Crippen molar-refractivity contribution < 1.29 is 22.7 Å². The van der Waals surface area contributed by atoms with Crippen LogP contribution in [0.15, 0.2) is 70.4 Å². The van der Waals surface area contributed by atoms with Crippen LogP contribution in [0.2, 0.25) is 0 Å². The Morgan fingerprint density at radius 3 is 2.66 bits per heavy atom. The smallest absolute Gasteiger partial charge is 0.384 e. The number of benzene rings is 1. The molecule has 4 rings (SSSR count). The summed E-state index contributed by atoms with van der Waals surface area (Å²) in [6.45, 7) is 3.65. The molecule has 0 atom stereocenters. The molecule has 0 aromatic heterocycles. The third-order valence-corrected chi connectivity index (χ3v) is 5.54. The first-order chi connectivity index (χ1) is 16.7. The van der Waals surface area contributed by atoms with Crippen LogP contribution in [0, 0.1) is 5.41 Å². The van der Waals surface area contributed by atoms with Gasteiger partial charge in [-0.25, -0.2) is 5.01 Å². The number of halogens is 3. The molecule has 0 unspecified atom stereocenters. The van der Waals surface area contributed by atoms with E-state index >= 15 is 0 Å². The summed E-state index contributed by atoms with van der Waals surface area (Å²) >= 11 is 0. The minimum absolute atomic E-state index is 0.0573. The number of rotatable bonds is 5. The fourth-order valence-electron chi connectivity index (χ4n) is 3.98. The van der Waals surface area contributed by atoms with Crippen LogP contribution in [0.1, 0.15) is 18.1 Å². The van der Waals surface area contributed by atoms with E-state index in [9.17, 15) is 18.0 Å². The summed E-state index contributed by atoms with van der Waals surface area (Å²) in [6.07, 6.45) is 0.671. The summed E-state index contributed by atoms with van der Waals surface area (Å²) in [7, 11) is 0. The lowest BCUT2D eigenvalue weighted by atomic mass is 10.0. The fraction of sp³-hybridized carbons (Fsp3) is 0.261. The van der Waals surface area contributed by atoms with Crippen molar-refractivity contribution in [1.29, 1.82) is 5.41 Å². The molecule has 9 nitrogen and oxygen atoms in total. The second-order valence-electron chi connectivity index (χ2n) is 7.85. The lowest BCUT2D eigenvalue weighted by Gasteiger charge is -2.37. The molecule has 1 aromatic carbocycles. The largest absolute Gasteiger partial charge is 0.417 e. The van der Waals surface area contributed by atoms with Crippen LogP contribution < -0.4 is 16.5 Å². The highest BCUT2D eigenvalue weighted by Gasteiger charge is 2.39. The quantitative estimate of drug-likeness (QED) is 0.372. The predicted octanol–water partition coefficient (Wildman–Crippen LogP) is 2.29. The van der Waals surface area contributed by atoms with Gasteiger partial charge < -0.3 is 26.1 Å². The number of carbonyl (C=O) groups excluding carboxylic acids is 1. The van der Waals surface area contributed by atoms with Gasteiger partial charge in [-0.15, -0.1) is 0 Å². The maximum Gasteiger partial charge on any atom is 0.417 e. The van der Waals surface area contributed by atoms with Gasteiger partial charge in [0.1, 0.15) is 5.84 Å². The SMILES string of the molecule is CC1=C(C(=O)N=C(N)/C=C\C=N)N2NC(c3ccccc3C(F)(F)F)=CC(N3CCOCC3)=C2N1. The van der Waals surface area contributed by atoms with Crippen molar-refractivity contribution in [2.75, 3.05) is 26.3 Å². The van der Waals surface area contributed by atoms with Crippen molar-refractivity contribution in [3.8, 4) is 0 Å². The van der Waals surface area contributed by atoms with Gasteiger partial charge >= 0.3 is 6.18 Å². The van der Waals surface area contributed by atoms with Gasteiger partial charge in [-0.1, -0.05) is 18.2 Å². The monoisotopic (exact) mass is 487 g/mol. The van der Waals surface area contributed by atoms with E-state index in [0.29, 0.717) is 43.5 Å². The molecule has 3 aliphatic heterocycles. The molecule has 12 heteroatoms. The summed E-state index contributed by atoms with van der Waals surface area (Å²) < 4.78 is 46.8. The van der Waals surface area contributed by atoms with E-state index in [2.05, 4.69) is 15.7 Å². The zero-order valence-corrected chi connectivity index (χ0v) is 18.8. The number of aliphatic imine (C=N–C) groups is 1. The van der Waals surface area contributed by atoms with Gasteiger partial charge in [0.2, 0.25) is 0 Å². The fourth-order valence-corrected chi connectivity index (χ4v) is 3.98. The third kappa shape index (κ3) is 4.92. The maximum atomic E-state index is 13.8. The Bertz CT molecular complexity index is 1190. The second kappa shape index (κ2) is 9.66. The minimum Gasteiger partial charge on any atom is -0.384 e. The summed E-state index contributed by atoms with van der Waals surface area (Å²) in [5.41, 5.74) is 9.19. The number of hydrazine groups is 1. The molecule has 184 valence electrons. The van der Waals surface area contributed by atoms with Crippen LogP contribution in [0.5, 0.6) is 0 Å². The Hall–Kier alpha value is -4.06. The minimum atomic E-state index is -4.57. The Balaban J connectivity index is 1.80. The number of hydrogen-bond acceptors (Lipinski definition) is 7. The number of allylic oxidation sites excluding steroid dienone is 3. The van der Waals surface area contributed by atoms with Crippen molar-refractivity contribution in [1.82, 2.24) is 20.7 Å². The van der Waals surface area contributed by atoms with Crippen molar-refractivity contribution in [2.45, 2.75) is 13.1 Å². The molecule has 1 fully saturated rings. The van der Waals surface area contributed by atoms with E-state index in [-0.39, 0.29) is 22.8 Å². The van der Waals surface area contributed by atoms with Crippen molar-refractivity contribution in [3.63, 3.8) is 0 Å². The second-order valence-corrected chi connectivity index (χ2v) is 7.85. The predicted molar refractivity (Wildman–Crippen MR) is 124 cm³/mol. The highest BCUT2D eigenvalue weighted by Crippen LogP contribution is 2.38. The molecule has 35 heavy (non-hydrogen) atoms. The van der Waals surface area contributed by atoms with Gasteiger partial charge in [-0.3, -0.25) is 10.2 Å². The van der Waals surface area contributed by atoms with E-state index in [1.54, 1.807) is 13.0 Å². The zero-order valence-electron chi connectivity index (χ0n) is 18.8. The van der Waals surface area contributed by atoms with Crippen LogP contribution in [-0.4, -0.2) is 54.2 Å². The molecule has 0 bridgehead atoms. The van der Waals surface area contributed by atoms with E-state index in [4.69, 9.17) is 15.9 Å². The van der Waals surface area contributed by atoms with Crippen LogP contribution >= 0.6 is 0 Å². The van der Waals surface area contributed by atoms with Gasteiger partial charge in [0.25, 0.3) is 5.91 Å². The standard InChI is InChI=1S/C23H24F3N7O2/c1-14-20(22(34)30-19(28)7-4-8-27)33-21(29-14)18(32-9-11-35-12-10-32)13-17(31-33)15-5-2-3-6-16(15)23(24,25)26/h2-8,13,27,29,31H,9-12H2,1H3,(H2,28,30,34)/b7-4-,27-8?. The molecule has 1 aromatic rings. The number of nitrogens with zero attached hydrogens (tertiary/aromatic N) is 3. The number of nitrogens with one attached hydrogen (secondary N) is 3. The molecule has 3 aliphatic rings. The normalized spacial score (nSPS) is 19.0. The molecule has 0 saturated carbocycles. The molecule has 0 radical (unpaired) electrons. The molecule has 3 heterocycles. The number of ether oxygens (including phenoxy) is 1. The van der Waals surface area contributed by atoms with E-state index < -0.39 is 17.6 Å². The first-order valence-corrected chi connectivity index (χ1v) is 10.8. The lowest BCUT2D eigenvalue weighted by molar-refractivity contribution is -0.137. The lowest BCUT2D eigenvalue weighted by Crippen LogP contribution is -2.45. The summed E-state index contributed by atoms with van der Waals surface area (Å²) in [6, 6.07) is 5.25. The van der Waals surface area contributed by atoms with E-state index in [1.165, 1.54) is 35.4 Å². The topological polar surface area (TPSA) is 119 Å². The number of fused-ring (bicyclic) bond motifs is 1. The summed E-state index contributed by atoms with van der Waals surface area (Å²) in [4.78, 5) is 18.9. The summed E-state index contributed by atoms with van der Waals surface area (Å²) in [5, 5.41) is 11.6. The summed E-state index contributed by atoms with van der Waals surface area (Å²) in [5.74, 6) is -0.319. The van der Waals surface area contributed by atoms with Gasteiger partial charge in [-0.05, 0) is 31.2 Å². The van der Waals surface area contributed by atoms with Gasteiger partial charge in [0, 0.05) is 30.6 Å². The number of nitrogens with two attached hydrogens (primary N) is 1. The van der Waals surface area contributed by atoms with Gasteiger partial charge in [0.05, 0.1) is 30.2 Å². The zero-order chi connectivity index (χ0) is 25.2. The Kier molecular flexibility index (Phi) is 6.65. The van der Waals surface area contributed by atoms with Crippen LogP contribution in [0.3, 0.4) is 0 Å². The Morgan fingerprint density at radius 2 is 1.97 bits per heavy atom. The molecule has 0 aliphatic carbocycles. The van der Waals surface area contributed by atoms with Crippen LogP contribution in [0.25, 0.3) is 5.70 Å².